The lowest BCUT2D eigenvalue weighted by Gasteiger charge is -2.22. The third-order valence-electron chi connectivity index (χ3n) is 2.06. The van der Waals surface area contributed by atoms with E-state index in [9.17, 15) is 0 Å². The highest BCUT2D eigenvalue weighted by Gasteiger charge is 2.14. The van der Waals surface area contributed by atoms with Crippen molar-refractivity contribution in [1.82, 2.24) is 5.32 Å². The van der Waals surface area contributed by atoms with Crippen molar-refractivity contribution in [2.45, 2.75) is 39.5 Å². The summed E-state index contributed by atoms with van der Waals surface area (Å²) in [5, 5.41) is 3.37. The smallest absolute Gasteiger partial charge is 0.171 e. The molecule has 13 heavy (non-hydrogen) atoms. The van der Waals surface area contributed by atoms with Crippen LogP contribution in [0.3, 0.4) is 0 Å². The second-order valence-electron chi connectivity index (χ2n) is 3.77. The number of hydrogen-bond acceptors (Lipinski definition) is 3. The van der Waals surface area contributed by atoms with Crippen LogP contribution in [-0.2, 0) is 9.47 Å². The van der Waals surface area contributed by atoms with E-state index >= 15 is 0 Å². The Morgan fingerprint density at radius 1 is 1.08 bits per heavy atom. The van der Waals surface area contributed by atoms with E-state index in [2.05, 4.69) is 26.1 Å². The molecular formula is C10H23NO2. The Morgan fingerprint density at radius 2 is 1.62 bits per heavy atom. The van der Waals surface area contributed by atoms with Crippen molar-refractivity contribution < 1.29 is 9.47 Å². The summed E-state index contributed by atoms with van der Waals surface area (Å²) in [6.45, 7) is 7.52. The first-order chi connectivity index (χ1) is 6.11. The summed E-state index contributed by atoms with van der Waals surface area (Å²) in [7, 11) is 3.32. The van der Waals surface area contributed by atoms with Gasteiger partial charge in [-0.25, -0.2) is 0 Å². The molecule has 0 spiro atoms. The van der Waals surface area contributed by atoms with Crippen LogP contribution in [0.1, 0.15) is 27.2 Å². The number of methoxy groups -OCH3 is 2. The quantitative estimate of drug-likeness (QED) is 0.617. The Bertz CT molecular complexity index is 113. The lowest BCUT2D eigenvalue weighted by Crippen LogP contribution is -2.40. The minimum Gasteiger partial charge on any atom is -0.354 e. The summed E-state index contributed by atoms with van der Waals surface area (Å²) in [6.07, 6.45) is 1.04. The van der Waals surface area contributed by atoms with Crippen LogP contribution in [0.5, 0.6) is 0 Å². The van der Waals surface area contributed by atoms with Gasteiger partial charge in [-0.15, -0.1) is 0 Å². The first-order valence-corrected chi connectivity index (χ1v) is 4.90. The first kappa shape index (κ1) is 12.9. The summed E-state index contributed by atoms with van der Waals surface area (Å²) in [5.41, 5.74) is 0. The summed E-state index contributed by atoms with van der Waals surface area (Å²) in [6, 6.07) is 0.244. The van der Waals surface area contributed by atoms with Crippen molar-refractivity contribution in [2.24, 2.45) is 5.92 Å². The van der Waals surface area contributed by atoms with E-state index in [0.717, 1.165) is 12.5 Å². The molecule has 0 bridgehead atoms. The molecule has 0 aromatic heterocycles. The van der Waals surface area contributed by atoms with Crippen molar-refractivity contribution in [3.63, 3.8) is 0 Å². The molecule has 0 aliphatic carbocycles. The monoisotopic (exact) mass is 189 g/mol. The van der Waals surface area contributed by atoms with Gasteiger partial charge in [0.1, 0.15) is 0 Å². The Hall–Kier alpha value is -0.120. The van der Waals surface area contributed by atoms with E-state index < -0.39 is 0 Å². The molecular weight excluding hydrogens is 166 g/mol. The number of ether oxygens (including phenoxy) is 2. The number of rotatable bonds is 7. The summed E-state index contributed by atoms with van der Waals surface area (Å²) in [5.74, 6) is 0.739. The predicted molar refractivity (Wildman–Crippen MR) is 54.7 cm³/mol. The standard InChI is InChI=1S/C10H23NO2/c1-8(2)6-7-11-9(3)10(12-4)13-5/h8-11H,6-7H2,1-5H3. The Kier molecular flexibility index (Phi) is 7.23. The van der Waals surface area contributed by atoms with Crippen molar-refractivity contribution in [1.29, 1.82) is 0 Å². The van der Waals surface area contributed by atoms with Gasteiger partial charge in [0.25, 0.3) is 0 Å². The molecule has 3 heteroatoms. The highest BCUT2D eigenvalue weighted by Crippen LogP contribution is 2.01. The van der Waals surface area contributed by atoms with Gasteiger partial charge in [-0.05, 0) is 25.8 Å². The second kappa shape index (κ2) is 7.30. The molecule has 1 N–H and O–H groups in total. The maximum absolute atomic E-state index is 5.13. The first-order valence-electron chi connectivity index (χ1n) is 4.90. The SMILES string of the molecule is COC(OC)C(C)NCCC(C)C. The topological polar surface area (TPSA) is 30.5 Å². The minimum atomic E-state index is -0.146. The highest BCUT2D eigenvalue weighted by molar-refractivity contribution is 4.64. The van der Waals surface area contributed by atoms with E-state index in [4.69, 9.17) is 9.47 Å². The molecule has 0 aliphatic rings. The molecule has 0 aromatic carbocycles. The average molecular weight is 189 g/mol. The molecule has 80 valence electrons. The lowest BCUT2D eigenvalue weighted by molar-refractivity contribution is -0.119. The van der Waals surface area contributed by atoms with Crippen molar-refractivity contribution >= 4 is 0 Å². The van der Waals surface area contributed by atoms with Crippen LogP contribution in [0.15, 0.2) is 0 Å². The van der Waals surface area contributed by atoms with Crippen molar-refractivity contribution in [3.05, 3.63) is 0 Å². The van der Waals surface area contributed by atoms with Gasteiger partial charge in [-0.1, -0.05) is 13.8 Å². The van der Waals surface area contributed by atoms with Gasteiger partial charge in [-0.3, -0.25) is 0 Å². The Labute approximate surface area is 81.8 Å². The van der Waals surface area contributed by atoms with Crippen molar-refractivity contribution in [2.75, 3.05) is 20.8 Å². The van der Waals surface area contributed by atoms with Crippen LogP contribution in [0.2, 0.25) is 0 Å². The molecule has 1 atom stereocenters. The van der Waals surface area contributed by atoms with Crippen LogP contribution >= 0.6 is 0 Å². The maximum Gasteiger partial charge on any atom is 0.171 e. The zero-order valence-corrected chi connectivity index (χ0v) is 9.46. The van der Waals surface area contributed by atoms with Gasteiger partial charge in [0.05, 0.1) is 6.04 Å². The molecule has 0 radical (unpaired) electrons. The molecule has 0 saturated carbocycles. The third kappa shape index (κ3) is 6.02. The van der Waals surface area contributed by atoms with E-state index in [1.54, 1.807) is 14.2 Å². The molecule has 0 aliphatic heterocycles. The minimum absolute atomic E-state index is 0.146. The molecule has 0 saturated heterocycles. The number of nitrogens with one attached hydrogen (secondary N) is 1. The van der Waals surface area contributed by atoms with Gasteiger partial charge in [-0.2, -0.15) is 0 Å². The molecule has 3 nitrogen and oxygen atoms in total. The average Bonchev–Trinajstić information content (AvgIpc) is 2.05. The maximum atomic E-state index is 5.13. The Balaban J connectivity index is 3.53. The van der Waals surface area contributed by atoms with Crippen molar-refractivity contribution in [3.8, 4) is 0 Å². The van der Waals surface area contributed by atoms with Gasteiger partial charge in [0.15, 0.2) is 6.29 Å². The zero-order chi connectivity index (χ0) is 10.3. The zero-order valence-electron chi connectivity index (χ0n) is 9.46. The third-order valence-corrected chi connectivity index (χ3v) is 2.06. The van der Waals surface area contributed by atoms with E-state index in [-0.39, 0.29) is 12.3 Å². The van der Waals surface area contributed by atoms with Crippen LogP contribution in [0.4, 0.5) is 0 Å². The fraction of sp³-hybridized carbons (Fsp3) is 1.00. The molecule has 1 unspecified atom stereocenters. The largest absolute Gasteiger partial charge is 0.354 e. The predicted octanol–water partition coefficient (Wildman–Crippen LogP) is 1.63. The van der Waals surface area contributed by atoms with Gasteiger partial charge >= 0.3 is 0 Å². The molecule has 0 aromatic rings. The summed E-state index contributed by atoms with van der Waals surface area (Å²) < 4.78 is 10.3. The highest BCUT2D eigenvalue weighted by atomic mass is 16.7. The molecule has 0 heterocycles. The molecule has 0 rings (SSSR count). The fourth-order valence-electron chi connectivity index (χ4n) is 1.20. The summed E-state index contributed by atoms with van der Waals surface area (Å²) >= 11 is 0. The summed E-state index contributed by atoms with van der Waals surface area (Å²) in [4.78, 5) is 0. The molecule has 0 fully saturated rings. The second-order valence-corrected chi connectivity index (χ2v) is 3.77. The van der Waals surface area contributed by atoms with Gasteiger partial charge < -0.3 is 14.8 Å². The number of hydrogen-bond donors (Lipinski definition) is 1. The van der Waals surface area contributed by atoms with Gasteiger partial charge in [0.2, 0.25) is 0 Å². The van der Waals surface area contributed by atoms with Crippen LogP contribution in [0, 0.1) is 5.92 Å². The molecule has 0 amide bonds. The van der Waals surface area contributed by atoms with Crippen LogP contribution in [0.25, 0.3) is 0 Å². The van der Waals surface area contributed by atoms with Gasteiger partial charge in [0, 0.05) is 14.2 Å². The lowest BCUT2D eigenvalue weighted by atomic mass is 10.1. The fourth-order valence-corrected chi connectivity index (χ4v) is 1.20. The van der Waals surface area contributed by atoms with Crippen LogP contribution in [-0.4, -0.2) is 33.1 Å². The Morgan fingerprint density at radius 3 is 2.00 bits per heavy atom. The van der Waals surface area contributed by atoms with E-state index in [1.807, 2.05) is 0 Å². The van der Waals surface area contributed by atoms with E-state index in [1.165, 1.54) is 6.42 Å². The van der Waals surface area contributed by atoms with E-state index in [0.29, 0.717) is 0 Å². The normalized spacial score (nSPS) is 14.1. The van der Waals surface area contributed by atoms with Crippen LogP contribution < -0.4 is 5.32 Å².